The monoisotopic (exact) mass is 262 g/mol. The molecular formula is C14H18N2O3. The number of ether oxygens (including phenoxy) is 1. The zero-order valence-electron chi connectivity index (χ0n) is 11.2. The van der Waals surface area contributed by atoms with Crippen LogP contribution in [-0.2, 0) is 9.53 Å². The van der Waals surface area contributed by atoms with Gasteiger partial charge in [-0.15, -0.1) is 0 Å². The van der Waals surface area contributed by atoms with Gasteiger partial charge in [0.25, 0.3) is 5.91 Å². The summed E-state index contributed by atoms with van der Waals surface area (Å²) in [6.45, 7) is 1.04. The average molecular weight is 262 g/mol. The highest BCUT2D eigenvalue weighted by Crippen LogP contribution is 2.10. The first-order valence-corrected chi connectivity index (χ1v) is 6.23. The first-order chi connectivity index (χ1) is 9.11. The summed E-state index contributed by atoms with van der Waals surface area (Å²) in [6, 6.07) is 8.99. The normalized spacial score (nSPS) is 20.3. The molecule has 1 aliphatic heterocycles. The maximum absolute atomic E-state index is 12.4. The van der Waals surface area contributed by atoms with Crippen LogP contribution in [0, 0.1) is 0 Å². The number of benzene rings is 1. The zero-order chi connectivity index (χ0) is 13.8. The summed E-state index contributed by atoms with van der Waals surface area (Å²) in [5.74, 6) is -0.199. The van der Waals surface area contributed by atoms with Gasteiger partial charge in [-0.3, -0.25) is 9.59 Å². The number of likely N-dealkylation sites (N-methyl/N-ethyl adjacent to an activating group) is 1. The molecule has 1 atom stereocenters. The molecule has 0 saturated carbocycles. The fraction of sp³-hybridized carbons (Fsp3) is 0.429. The predicted molar refractivity (Wildman–Crippen MR) is 70.8 cm³/mol. The van der Waals surface area contributed by atoms with Crippen molar-refractivity contribution in [1.29, 1.82) is 0 Å². The van der Waals surface area contributed by atoms with Gasteiger partial charge in [-0.25, -0.2) is 0 Å². The van der Waals surface area contributed by atoms with Gasteiger partial charge >= 0.3 is 0 Å². The van der Waals surface area contributed by atoms with Gasteiger partial charge < -0.3 is 14.5 Å². The van der Waals surface area contributed by atoms with E-state index in [2.05, 4.69) is 0 Å². The summed E-state index contributed by atoms with van der Waals surface area (Å²) in [5, 5.41) is 0. The molecular weight excluding hydrogens is 244 g/mol. The molecule has 0 aromatic heterocycles. The van der Waals surface area contributed by atoms with Crippen LogP contribution in [0.3, 0.4) is 0 Å². The van der Waals surface area contributed by atoms with Crippen LogP contribution in [0.5, 0.6) is 0 Å². The van der Waals surface area contributed by atoms with Crippen LogP contribution in [0.15, 0.2) is 30.3 Å². The highest BCUT2D eigenvalue weighted by atomic mass is 16.5. The summed E-state index contributed by atoms with van der Waals surface area (Å²) in [5.41, 5.74) is 0.592. The van der Waals surface area contributed by atoms with Gasteiger partial charge in [0.05, 0.1) is 6.10 Å². The molecule has 2 rings (SSSR count). The lowest BCUT2D eigenvalue weighted by molar-refractivity contribution is -0.130. The van der Waals surface area contributed by atoms with Crippen molar-refractivity contribution < 1.29 is 14.3 Å². The number of methoxy groups -OCH3 is 1. The summed E-state index contributed by atoms with van der Waals surface area (Å²) < 4.78 is 5.32. The van der Waals surface area contributed by atoms with Crippen LogP contribution >= 0.6 is 0 Å². The molecule has 0 aliphatic carbocycles. The van der Waals surface area contributed by atoms with Gasteiger partial charge in [-0.2, -0.15) is 0 Å². The topological polar surface area (TPSA) is 49.9 Å². The number of nitrogens with zero attached hydrogens (tertiary/aromatic N) is 2. The summed E-state index contributed by atoms with van der Waals surface area (Å²) >= 11 is 0. The number of hydrogen-bond acceptors (Lipinski definition) is 3. The van der Waals surface area contributed by atoms with Crippen molar-refractivity contribution in [2.75, 3.05) is 33.8 Å². The average Bonchev–Trinajstić information content (AvgIpc) is 2.58. The molecule has 0 N–H and O–H groups in total. The number of amides is 2. The van der Waals surface area contributed by atoms with E-state index >= 15 is 0 Å². The smallest absolute Gasteiger partial charge is 0.254 e. The van der Waals surface area contributed by atoms with Gasteiger partial charge in [0, 0.05) is 32.8 Å². The Hall–Kier alpha value is -1.88. The van der Waals surface area contributed by atoms with Crippen molar-refractivity contribution in [2.45, 2.75) is 6.10 Å². The first kappa shape index (κ1) is 13.5. The molecule has 0 radical (unpaired) electrons. The van der Waals surface area contributed by atoms with E-state index in [0.717, 1.165) is 0 Å². The third-order valence-electron chi connectivity index (χ3n) is 3.29. The van der Waals surface area contributed by atoms with E-state index in [4.69, 9.17) is 4.74 Å². The minimum Gasteiger partial charge on any atom is -0.378 e. The molecule has 1 heterocycles. The molecule has 1 saturated heterocycles. The van der Waals surface area contributed by atoms with Crippen LogP contribution in [0.4, 0.5) is 0 Å². The Bertz CT molecular complexity index is 461. The molecule has 2 amide bonds. The Morgan fingerprint density at radius 3 is 2.58 bits per heavy atom. The Morgan fingerprint density at radius 2 is 1.95 bits per heavy atom. The molecule has 5 nitrogen and oxygen atoms in total. The molecule has 1 aliphatic rings. The standard InChI is InChI=1S/C14H18N2O3/c1-15-8-12(19-2)9-16(10-13(15)17)14(18)11-6-4-3-5-7-11/h3-7,12H,8-10H2,1-2H3. The third kappa shape index (κ3) is 3.12. The largest absolute Gasteiger partial charge is 0.378 e. The van der Waals surface area contributed by atoms with E-state index in [1.165, 1.54) is 0 Å². The fourth-order valence-corrected chi connectivity index (χ4v) is 2.13. The second-order valence-corrected chi connectivity index (χ2v) is 4.68. The second-order valence-electron chi connectivity index (χ2n) is 4.68. The predicted octanol–water partition coefficient (Wildman–Crippen LogP) is 0.616. The molecule has 1 unspecified atom stereocenters. The molecule has 1 aromatic rings. The van der Waals surface area contributed by atoms with Gasteiger partial charge in [0.2, 0.25) is 5.91 Å². The quantitative estimate of drug-likeness (QED) is 0.785. The van der Waals surface area contributed by atoms with Crippen LogP contribution in [-0.4, -0.2) is 61.5 Å². The Kier molecular flexibility index (Phi) is 4.16. The van der Waals surface area contributed by atoms with Crippen molar-refractivity contribution in [3.05, 3.63) is 35.9 Å². The van der Waals surface area contributed by atoms with E-state index in [-0.39, 0.29) is 24.5 Å². The van der Waals surface area contributed by atoms with Crippen LogP contribution in [0.25, 0.3) is 0 Å². The van der Waals surface area contributed by atoms with Gasteiger partial charge in [0.1, 0.15) is 6.54 Å². The Morgan fingerprint density at radius 1 is 1.26 bits per heavy atom. The lowest BCUT2D eigenvalue weighted by atomic mass is 10.2. The fourth-order valence-electron chi connectivity index (χ4n) is 2.13. The van der Waals surface area contributed by atoms with Crippen molar-refractivity contribution in [2.24, 2.45) is 0 Å². The molecule has 0 bridgehead atoms. The van der Waals surface area contributed by atoms with Crippen molar-refractivity contribution >= 4 is 11.8 Å². The van der Waals surface area contributed by atoms with Crippen LogP contribution < -0.4 is 0 Å². The molecule has 1 fully saturated rings. The van der Waals surface area contributed by atoms with Crippen molar-refractivity contribution in [3.8, 4) is 0 Å². The van der Waals surface area contributed by atoms with Crippen LogP contribution in [0.1, 0.15) is 10.4 Å². The Labute approximate surface area is 112 Å². The Balaban J connectivity index is 2.18. The second kappa shape index (κ2) is 5.84. The van der Waals surface area contributed by atoms with Gasteiger partial charge in [0.15, 0.2) is 0 Å². The summed E-state index contributed by atoms with van der Waals surface area (Å²) in [6.07, 6.45) is -0.149. The summed E-state index contributed by atoms with van der Waals surface area (Å²) in [7, 11) is 3.32. The van der Waals surface area contributed by atoms with Crippen molar-refractivity contribution in [3.63, 3.8) is 0 Å². The van der Waals surface area contributed by atoms with Gasteiger partial charge in [-0.1, -0.05) is 18.2 Å². The number of carbonyl (C=O) groups is 2. The van der Waals surface area contributed by atoms with Gasteiger partial charge in [-0.05, 0) is 12.1 Å². The minimum absolute atomic E-state index is 0.0659. The van der Waals surface area contributed by atoms with E-state index < -0.39 is 0 Å². The maximum Gasteiger partial charge on any atom is 0.254 e. The third-order valence-corrected chi connectivity index (χ3v) is 3.29. The minimum atomic E-state index is -0.149. The number of hydrogen-bond donors (Lipinski definition) is 0. The van der Waals surface area contributed by atoms with Crippen molar-refractivity contribution in [1.82, 2.24) is 9.80 Å². The van der Waals surface area contributed by atoms with E-state index in [1.807, 2.05) is 18.2 Å². The zero-order valence-corrected chi connectivity index (χ0v) is 11.2. The lowest BCUT2D eigenvalue weighted by Gasteiger charge is -2.22. The number of carbonyl (C=O) groups excluding carboxylic acids is 2. The molecule has 1 aromatic carbocycles. The lowest BCUT2D eigenvalue weighted by Crippen LogP contribution is -2.39. The molecule has 102 valence electrons. The van der Waals surface area contributed by atoms with E-state index in [0.29, 0.717) is 18.7 Å². The highest BCUT2D eigenvalue weighted by molar-refractivity contribution is 5.96. The SMILES string of the molecule is COC1CN(C)C(=O)CN(C(=O)c2ccccc2)C1. The van der Waals surface area contributed by atoms with E-state index in [9.17, 15) is 9.59 Å². The number of rotatable bonds is 2. The molecule has 19 heavy (non-hydrogen) atoms. The van der Waals surface area contributed by atoms with Crippen LogP contribution in [0.2, 0.25) is 0 Å². The highest BCUT2D eigenvalue weighted by Gasteiger charge is 2.28. The van der Waals surface area contributed by atoms with E-state index in [1.54, 1.807) is 36.1 Å². The molecule has 5 heteroatoms. The maximum atomic E-state index is 12.4. The summed E-state index contributed by atoms with van der Waals surface area (Å²) in [4.78, 5) is 27.4. The first-order valence-electron chi connectivity index (χ1n) is 6.23. The molecule has 0 spiro atoms.